The number of phenolic OH excluding ortho intramolecular Hbond substituents is 1. The lowest BCUT2D eigenvalue weighted by atomic mass is 10.2. The number of benzene rings is 1. The quantitative estimate of drug-likeness (QED) is 0.716. The zero-order valence-electron chi connectivity index (χ0n) is 8.03. The first-order chi connectivity index (χ1) is 7.16. The maximum atomic E-state index is 10.4. The molecule has 0 atom stereocenters. The number of rotatable bonds is 3. The Labute approximate surface area is 86.2 Å². The molecule has 0 bridgehead atoms. The standard InChI is InChI=1S/C11H11NO3/c13-9-3-1-2-7-6-8(12-11(7)9)4-5-10(14)15/h1-3,6,12-13H,4-5H2,(H,14,15). The van der Waals surface area contributed by atoms with Gasteiger partial charge in [-0.15, -0.1) is 0 Å². The number of H-pyrrole nitrogens is 1. The Hall–Kier alpha value is -1.97. The van der Waals surface area contributed by atoms with Crippen LogP contribution in [0.3, 0.4) is 0 Å². The van der Waals surface area contributed by atoms with Crippen molar-refractivity contribution in [2.75, 3.05) is 0 Å². The fourth-order valence-corrected chi connectivity index (χ4v) is 1.57. The van der Waals surface area contributed by atoms with Crippen LogP contribution in [-0.2, 0) is 11.2 Å². The highest BCUT2D eigenvalue weighted by Gasteiger charge is 2.05. The van der Waals surface area contributed by atoms with Crippen molar-refractivity contribution in [1.29, 1.82) is 0 Å². The van der Waals surface area contributed by atoms with Gasteiger partial charge in [0.1, 0.15) is 5.75 Å². The first-order valence-electron chi connectivity index (χ1n) is 4.68. The summed E-state index contributed by atoms with van der Waals surface area (Å²) in [4.78, 5) is 13.4. The summed E-state index contributed by atoms with van der Waals surface area (Å²) in [5.41, 5.74) is 1.49. The molecule has 0 aliphatic rings. The van der Waals surface area contributed by atoms with Gasteiger partial charge in [0.05, 0.1) is 11.9 Å². The minimum atomic E-state index is -0.821. The summed E-state index contributed by atoms with van der Waals surface area (Å²) in [6.45, 7) is 0. The number of carboxylic acid groups (broad SMARTS) is 1. The van der Waals surface area contributed by atoms with Gasteiger partial charge in [0.2, 0.25) is 0 Å². The molecule has 78 valence electrons. The van der Waals surface area contributed by atoms with Gasteiger partial charge >= 0.3 is 5.97 Å². The third-order valence-electron chi connectivity index (χ3n) is 2.30. The lowest BCUT2D eigenvalue weighted by Gasteiger charge is -1.93. The Morgan fingerprint density at radius 3 is 2.87 bits per heavy atom. The van der Waals surface area contributed by atoms with Crippen LogP contribution in [0.15, 0.2) is 24.3 Å². The topological polar surface area (TPSA) is 73.3 Å². The number of phenols is 1. The van der Waals surface area contributed by atoms with Crippen molar-refractivity contribution in [1.82, 2.24) is 4.98 Å². The van der Waals surface area contributed by atoms with Crippen molar-refractivity contribution in [2.45, 2.75) is 12.8 Å². The molecule has 0 radical (unpaired) electrons. The number of aryl methyl sites for hydroxylation is 1. The summed E-state index contributed by atoms with van der Waals surface area (Å²) in [6.07, 6.45) is 0.539. The van der Waals surface area contributed by atoms with Crippen LogP contribution in [0.5, 0.6) is 5.75 Å². The SMILES string of the molecule is O=C(O)CCc1cc2cccc(O)c2[nH]1. The molecule has 0 saturated heterocycles. The van der Waals surface area contributed by atoms with Crippen LogP contribution in [0, 0.1) is 0 Å². The van der Waals surface area contributed by atoms with E-state index >= 15 is 0 Å². The second kappa shape index (κ2) is 3.65. The van der Waals surface area contributed by atoms with Gasteiger partial charge in [0.15, 0.2) is 0 Å². The zero-order valence-corrected chi connectivity index (χ0v) is 8.03. The van der Waals surface area contributed by atoms with E-state index in [1.54, 1.807) is 12.1 Å². The van der Waals surface area contributed by atoms with Crippen molar-refractivity contribution >= 4 is 16.9 Å². The third kappa shape index (κ3) is 1.93. The van der Waals surface area contributed by atoms with Gasteiger partial charge in [-0.2, -0.15) is 0 Å². The van der Waals surface area contributed by atoms with E-state index in [2.05, 4.69) is 4.98 Å². The monoisotopic (exact) mass is 205 g/mol. The number of para-hydroxylation sites is 1. The number of carboxylic acids is 1. The van der Waals surface area contributed by atoms with Crippen LogP contribution in [0.4, 0.5) is 0 Å². The maximum absolute atomic E-state index is 10.4. The Balaban J connectivity index is 2.31. The van der Waals surface area contributed by atoms with E-state index in [0.29, 0.717) is 11.9 Å². The number of hydrogen-bond donors (Lipinski definition) is 3. The van der Waals surface area contributed by atoms with Crippen molar-refractivity contribution in [3.63, 3.8) is 0 Å². The molecule has 0 spiro atoms. The Kier molecular flexibility index (Phi) is 2.33. The lowest BCUT2D eigenvalue weighted by molar-refractivity contribution is -0.136. The third-order valence-corrected chi connectivity index (χ3v) is 2.30. The molecule has 1 aromatic carbocycles. The molecule has 0 aliphatic heterocycles. The van der Waals surface area contributed by atoms with Gasteiger partial charge in [0.25, 0.3) is 0 Å². The summed E-state index contributed by atoms with van der Waals surface area (Å²) in [5.74, 6) is -0.632. The fraction of sp³-hybridized carbons (Fsp3) is 0.182. The Bertz CT molecular complexity index is 502. The van der Waals surface area contributed by atoms with E-state index < -0.39 is 5.97 Å². The average molecular weight is 205 g/mol. The Morgan fingerprint density at radius 2 is 2.20 bits per heavy atom. The first-order valence-corrected chi connectivity index (χ1v) is 4.68. The van der Waals surface area contributed by atoms with Crippen molar-refractivity contribution in [2.24, 2.45) is 0 Å². The van der Waals surface area contributed by atoms with Gasteiger partial charge < -0.3 is 15.2 Å². The molecular weight excluding hydrogens is 194 g/mol. The second-order valence-electron chi connectivity index (χ2n) is 3.43. The summed E-state index contributed by atoms with van der Waals surface area (Å²) >= 11 is 0. The number of fused-ring (bicyclic) bond motifs is 1. The summed E-state index contributed by atoms with van der Waals surface area (Å²) < 4.78 is 0. The molecular formula is C11H11NO3. The molecule has 2 rings (SSSR count). The first kappa shape index (κ1) is 9.58. The number of nitrogens with one attached hydrogen (secondary N) is 1. The molecule has 1 heterocycles. The number of aromatic nitrogens is 1. The van der Waals surface area contributed by atoms with E-state index in [0.717, 1.165) is 11.1 Å². The van der Waals surface area contributed by atoms with E-state index in [1.807, 2.05) is 12.1 Å². The number of aliphatic carboxylic acids is 1. The van der Waals surface area contributed by atoms with E-state index in [4.69, 9.17) is 5.11 Å². The Morgan fingerprint density at radius 1 is 1.40 bits per heavy atom. The minimum absolute atomic E-state index is 0.0909. The average Bonchev–Trinajstić information content (AvgIpc) is 2.59. The molecule has 4 nitrogen and oxygen atoms in total. The normalized spacial score (nSPS) is 10.7. The zero-order chi connectivity index (χ0) is 10.8. The second-order valence-corrected chi connectivity index (χ2v) is 3.43. The van der Waals surface area contributed by atoms with Crippen LogP contribution in [-0.4, -0.2) is 21.2 Å². The van der Waals surface area contributed by atoms with E-state index in [-0.39, 0.29) is 12.2 Å². The van der Waals surface area contributed by atoms with Crippen LogP contribution in [0.1, 0.15) is 12.1 Å². The molecule has 0 saturated carbocycles. The summed E-state index contributed by atoms with van der Waals surface area (Å²) in [6, 6.07) is 7.08. The molecule has 2 aromatic rings. The van der Waals surface area contributed by atoms with Gasteiger partial charge in [-0.25, -0.2) is 0 Å². The fourth-order valence-electron chi connectivity index (χ4n) is 1.57. The van der Waals surface area contributed by atoms with Crippen LogP contribution in [0.2, 0.25) is 0 Å². The van der Waals surface area contributed by atoms with Crippen molar-refractivity contribution in [3.8, 4) is 5.75 Å². The van der Waals surface area contributed by atoms with Gasteiger partial charge in [-0.05, 0) is 18.6 Å². The van der Waals surface area contributed by atoms with Gasteiger partial charge in [-0.1, -0.05) is 12.1 Å². The van der Waals surface area contributed by atoms with E-state index in [1.165, 1.54) is 0 Å². The minimum Gasteiger partial charge on any atom is -0.506 e. The highest BCUT2D eigenvalue weighted by Crippen LogP contribution is 2.24. The molecule has 0 fully saturated rings. The van der Waals surface area contributed by atoms with E-state index in [9.17, 15) is 9.90 Å². The summed E-state index contributed by atoms with van der Waals surface area (Å²) in [5, 5.41) is 19.0. The molecule has 0 aliphatic carbocycles. The smallest absolute Gasteiger partial charge is 0.303 e. The number of aromatic amines is 1. The highest BCUT2D eigenvalue weighted by molar-refractivity contribution is 5.85. The number of hydrogen-bond acceptors (Lipinski definition) is 2. The maximum Gasteiger partial charge on any atom is 0.303 e. The molecule has 1 aromatic heterocycles. The van der Waals surface area contributed by atoms with Crippen molar-refractivity contribution in [3.05, 3.63) is 30.0 Å². The molecule has 15 heavy (non-hydrogen) atoms. The molecule has 3 N–H and O–H groups in total. The van der Waals surface area contributed by atoms with Crippen LogP contribution >= 0.6 is 0 Å². The predicted octanol–water partition coefficient (Wildman–Crippen LogP) is 1.89. The number of carbonyl (C=O) groups is 1. The highest BCUT2D eigenvalue weighted by atomic mass is 16.4. The van der Waals surface area contributed by atoms with Gasteiger partial charge in [-0.3, -0.25) is 4.79 Å². The number of aromatic hydroxyl groups is 1. The predicted molar refractivity (Wildman–Crippen MR) is 55.9 cm³/mol. The molecule has 0 unspecified atom stereocenters. The largest absolute Gasteiger partial charge is 0.506 e. The summed E-state index contributed by atoms with van der Waals surface area (Å²) in [7, 11) is 0. The van der Waals surface area contributed by atoms with Crippen LogP contribution < -0.4 is 0 Å². The molecule has 0 amide bonds. The van der Waals surface area contributed by atoms with Gasteiger partial charge in [0, 0.05) is 11.1 Å². The van der Waals surface area contributed by atoms with Crippen LogP contribution in [0.25, 0.3) is 10.9 Å². The molecule has 4 heteroatoms. The van der Waals surface area contributed by atoms with Crippen molar-refractivity contribution < 1.29 is 15.0 Å². The lowest BCUT2D eigenvalue weighted by Crippen LogP contribution is -1.97.